The van der Waals surface area contributed by atoms with Gasteiger partial charge in [-0.15, -0.1) is 0 Å². The van der Waals surface area contributed by atoms with Gasteiger partial charge in [-0.3, -0.25) is 4.79 Å². The summed E-state index contributed by atoms with van der Waals surface area (Å²) in [5.74, 6) is 0.142. The zero-order valence-corrected chi connectivity index (χ0v) is 15.7. The summed E-state index contributed by atoms with van der Waals surface area (Å²) in [5.41, 5.74) is 1.13. The van der Waals surface area contributed by atoms with E-state index in [0.717, 1.165) is 0 Å². The highest BCUT2D eigenvalue weighted by atomic mass is 16.5. The largest absolute Gasteiger partial charge is 0.504 e. The number of hydrogen-bond donors (Lipinski definition) is 4. The highest BCUT2D eigenvalue weighted by Crippen LogP contribution is 2.30. The molecule has 0 amide bonds. The van der Waals surface area contributed by atoms with Gasteiger partial charge in [-0.25, -0.2) is 0 Å². The maximum atomic E-state index is 12.1. The molecule has 28 heavy (non-hydrogen) atoms. The number of Topliss-reactive ketones (excluding diaryl/α,β-unsaturated/α-hetero) is 1. The summed E-state index contributed by atoms with van der Waals surface area (Å²) >= 11 is 0. The van der Waals surface area contributed by atoms with Crippen LogP contribution in [0, 0.1) is 0 Å². The molecule has 0 aliphatic heterocycles. The van der Waals surface area contributed by atoms with Crippen LogP contribution in [0.4, 0.5) is 0 Å². The van der Waals surface area contributed by atoms with Crippen molar-refractivity contribution in [1.82, 2.24) is 0 Å². The van der Waals surface area contributed by atoms with Gasteiger partial charge in [0.1, 0.15) is 5.78 Å². The van der Waals surface area contributed by atoms with E-state index in [-0.39, 0.29) is 35.9 Å². The molecule has 2 aromatic carbocycles. The number of benzene rings is 2. The van der Waals surface area contributed by atoms with E-state index in [1.54, 1.807) is 18.2 Å². The Morgan fingerprint density at radius 2 is 1.57 bits per heavy atom. The lowest BCUT2D eigenvalue weighted by Gasteiger charge is -2.13. The van der Waals surface area contributed by atoms with Crippen molar-refractivity contribution in [2.45, 2.75) is 25.0 Å². The van der Waals surface area contributed by atoms with Gasteiger partial charge in [0, 0.05) is 12.8 Å². The average molecular weight is 388 g/mol. The fourth-order valence-electron chi connectivity index (χ4n) is 2.64. The van der Waals surface area contributed by atoms with Crippen LogP contribution in [-0.4, -0.2) is 46.5 Å². The third-order valence-electron chi connectivity index (χ3n) is 4.16. The molecule has 2 unspecified atom stereocenters. The number of methoxy groups -OCH3 is 2. The molecule has 0 radical (unpaired) electrons. The lowest BCUT2D eigenvalue weighted by Crippen LogP contribution is -2.14. The van der Waals surface area contributed by atoms with E-state index >= 15 is 0 Å². The molecule has 2 rings (SSSR count). The monoisotopic (exact) mass is 388 g/mol. The molecule has 0 heterocycles. The Balaban J connectivity index is 1.93. The standard InChI is InChI=1S/C21H24O7/c1-27-20-9-13(4-7-17(20)24)3-6-15(22)11-16(23)12-19(26)14-5-8-18(25)21(10-14)28-2/h3-10,15,19,22,24-26H,11-12H2,1-2H3/b6-3+. The highest BCUT2D eigenvalue weighted by molar-refractivity contribution is 5.80. The van der Waals surface area contributed by atoms with Crippen LogP contribution in [0.1, 0.15) is 30.1 Å². The molecule has 0 spiro atoms. The molecule has 0 fully saturated rings. The summed E-state index contributed by atoms with van der Waals surface area (Å²) in [4.78, 5) is 12.1. The number of aliphatic hydroxyl groups excluding tert-OH is 2. The Hall–Kier alpha value is -3.03. The first-order valence-corrected chi connectivity index (χ1v) is 8.64. The second-order valence-electron chi connectivity index (χ2n) is 6.25. The molecule has 0 saturated carbocycles. The molecule has 2 atom stereocenters. The van der Waals surface area contributed by atoms with Crippen molar-refractivity contribution in [3.8, 4) is 23.0 Å². The summed E-state index contributed by atoms with van der Waals surface area (Å²) in [6, 6.07) is 9.06. The molecular weight excluding hydrogens is 364 g/mol. The number of rotatable bonds is 9. The molecule has 4 N–H and O–H groups in total. The third-order valence-corrected chi connectivity index (χ3v) is 4.16. The Morgan fingerprint density at radius 1 is 0.964 bits per heavy atom. The van der Waals surface area contributed by atoms with E-state index in [4.69, 9.17) is 9.47 Å². The van der Waals surface area contributed by atoms with E-state index in [0.29, 0.717) is 16.9 Å². The first-order chi connectivity index (χ1) is 13.3. The molecule has 2 aromatic rings. The van der Waals surface area contributed by atoms with Crippen LogP contribution in [0.15, 0.2) is 42.5 Å². The van der Waals surface area contributed by atoms with Crippen molar-refractivity contribution in [3.63, 3.8) is 0 Å². The first kappa shape index (κ1) is 21.3. The summed E-state index contributed by atoms with van der Waals surface area (Å²) < 4.78 is 10.00. The van der Waals surface area contributed by atoms with Crippen LogP contribution >= 0.6 is 0 Å². The number of phenolic OH excluding ortho intramolecular Hbond substituents is 2. The van der Waals surface area contributed by atoms with Crippen LogP contribution in [-0.2, 0) is 4.79 Å². The highest BCUT2D eigenvalue weighted by Gasteiger charge is 2.17. The lowest BCUT2D eigenvalue weighted by atomic mass is 10.0. The number of hydrogen-bond acceptors (Lipinski definition) is 7. The van der Waals surface area contributed by atoms with Gasteiger partial charge >= 0.3 is 0 Å². The first-order valence-electron chi connectivity index (χ1n) is 8.64. The minimum atomic E-state index is -1.07. The fraction of sp³-hybridized carbons (Fsp3) is 0.286. The number of carbonyl (C=O) groups is 1. The van der Waals surface area contributed by atoms with Crippen LogP contribution in [0.3, 0.4) is 0 Å². The second kappa shape index (κ2) is 9.77. The lowest BCUT2D eigenvalue weighted by molar-refractivity contribution is -0.122. The van der Waals surface area contributed by atoms with Gasteiger partial charge in [-0.05, 0) is 35.4 Å². The average Bonchev–Trinajstić information content (AvgIpc) is 2.67. The Labute approximate surface area is 163 Å². The number of ketones is 1. The van der Waals surface area contributed by atoms with Gasteiger partial charge < -0.3 is 29.9 Å². The van der Waals surface area contributed by atoms with E-state index in [1.807, 2.05) is 0 Å². The molecular formula is C21H24O7. The van der Waals surface area contributed by atoms with Crippen LogP contribution in [0.25, 0.3) is 6.08 Å². The van der Waals surface area contributed by atoms with E-state index in [9.17, 15) is 25.2 Å². The predicted octanol–water partition coefficient (Wildman–Crippen LogP) is 2.57. The summed E-state index contributed by atoms with van der Waals surface area (Å²) in [6.07, 6.45) is 0.651. The topological polar surface area (TPSA) is 116 Å². The second-order valence-corrected chi connectivity index (χ2v) is 6.25. The smallest absolute Gasteiger partial charge is 0.161 e. The summed E-state index contributed by atoms with van der Waals surface area (Å²) in [5, 5.41) is 39.4. The molecule has 7 heteroatoms. The van der Waals surface area contributed by atoms with E-state index < -0.39 is 12.2 Å². The van der Waals surface area contributed by atoms with Gasteiger partial charge in [0.05, 0.1) is 26.4 Å². The molecule has 150 valence electrons. The van der Waals surface area contributed by atoms with Crippen molar-refractivity contribution >= 4 is 11.9 Å². The normalized spacial score (nSPS) is 13.3. The molecule has 0 aliphatic rings. The van der Waals surface area contributed by atoms with Crippen molar-refractivity contribution in [3.05, 3.63) is 53.6 Å². The van der Waals surface area contributed by atoms with Crippen LogP contribution in [0.5, 0.6) is 23.0 Å². The van der Waals surface area contributed by atoms with E-state index in [1.165, 1.54) is 44.6 Å². The maximum absolute atomic E-state index is 12.1. The number of ether oxygens (including phenoxy) is 2. The summed E-state index contributed by atoms with van der Waals surface area (Å²) in [6.45, 7) is 0. The van der Waals surface area contributed by atoms with Gasteiger partial charge in [0.15, 0.2) is 23.0 Å². The van der Waals surface area contributed by atoms with Gasteiger partial charge in [0.25, 0.3) is 0 Å². The molecule has 0 aliphatic carbocycles. The zero-order valence-electron chi connectivity index (χ0n) is 15.7. The van der Waals surface area contributed by atoms with Gasteiger partial charge in [-0.2, -0.15) is 0 Å². The van der Waals surface area contributed by atoms with Crippen molar-refractivity contribution in [1.29, 1.82) is 0 Å². The summed E-state index contributed by atoms with van der Waals surface area (Å²) in [7, 11) is 2.83. The van der Waals surface area contributed by atoms with Crippen LogP contribution < -0.4 is 9.47 Å². The zero-order chi connectivity index (χ0) is 20.7. The van der Waals surface area contributed by atoms with Crippen LogP contribution in [0.2, 0.25) is 0 Å². The van der Waals surface area contributed by atoms with Crippen molar-refractivity contribution in [2.75, 3.05) is 14.2 Å². The number of aromatic hydroxyl groups is 2. The van der Waals surface area contributed by atoms with Gasteiger partial charge in [0.2, 0.25) is 0 Å². The van der Waals surface area contributed by atoms with E-state index in [2.05, 4.69) is 0 Å². The Morgan fingerprint density at radius 3 is 2.21 bits per heavy atom. The molecule has 0 saturated heterocycles. The third kappa shape index (κ3) is 5.73. The predicted molar refractivity (Wildman–Crippen MR) is 104 cm³/mol. The SMILES string of the molecule is COc1cc(/C=C/C(O)CC(=O)CC(O)c2ccc(O)c(OC)c2)ccc1O. The number of carbonyl (C=O) groups excluding carboxylic acids is 1. The Kier molecular flexibility index (Phi) is 7.43. The van der Waals surface area contributed by atoms with Gasteiger partial charge in [-0.1, -0.05) is 24.3 Å². The maximum Gasteiger partial charge on any atom is 0.161 e. The molecule has 0 bridgehead atoms. The minimum absolute atomic E-state index is 0.00947. The number of aliphatic hydroxyl groups is 2. The Bertz CT molecular complexity index is 845. The van der Waals surface area contributed by atoms with Crippen molar-refractivity contribution in [2.24, 2.45) is 0 Å². The molecule has 7 nitrogen and oxygen atoms in total. The van der Waals surface area contributed by atoms with Crippen molar-refractivity contribution < 1.29 is 34.7 Å². The molecule has 0 aromatic heterocycles. The fourth-order valence-corrected chi connectivity index (χ4v) is 2.64. The minimum Gasteiger partial charge on any atom is -0.504 e. The quantitative estimate of drug-likeness (QED) is 0.522. The number of phenols is 2.